The molecule has 45 heavy (non-hydrogen) atoms. The van der Waals surface area contributed by atoms with Gasteiger partial charge >= 0.3 is 0 Å². The Morgan fingerprint density at radius 1 is 0.489 bits per heavy atom. The monoisotopic (exact) mass is 575 g/mol. The number of hydrogen-bond donors (Lipinski definition) is 0. The lowest BCUT2D eigenvalue weighted by Gasteiger charge is -2.17. The molecule has 6 aromatic carbocycles. The zero-order valence-corrected chi connectivity index (χ0v) is 24.9. The molecule has 0 aliphatic carbocycles. The fourth-order valence-electron chi connectivity index (χ4n) is 7.05. The van der Waals surface area contributed by atoms with E-state index in [0.717, 1.165) is 33.8 Å². The number of pyridine rings is 1. The van der Waals surface area contributed by atoms with Gasteiger partial charge in [-0.1, -0.05) is 127 Å². The Morgan fingerprint density at radius 3 is 1.87 bits per heavy atom. The molecule has 0 aliphatic rings. The van der Waals surface area contributed by atoms with Crippen LogP contribution in [-0.2, 0) is 0 Å². The molecular formula is C42H29N3. The van der Waals surface area contributed by atoms with Gasteiger partial charge in [0.1, 0.15) is 5.82 Å². The first kappa shape index (κ1) is 25.6. The summed E-state index contributed by atoms with van der Waals surface area (Å²) in [7, 11) is 0. The minimum absolute atomic E-state index is 0.946. The van der Waals surface area contributed by atoms with E-state index in [4.69, 9.17) is 4.98 Å². The molecule has 0 radical (unpaired) electrons. The summed E-state index contributed by atoms with van der Waals surface area (Å²) in [5.41, 5.74) is 11.4. The highest BCUT2D eigenvalue weighted by atomic mass is 15.1. The molecule has 3 heterocycles. The maximum Gasteiger partial charge on any atom is 0.141 e. The van der Waals surface area contributed by atoms with Crippen LogP contribution in [0.3, 0.4) is 0 Å². The second kappa shape index (κ2) is 10.1. The van der Waals surface area contributed by atoms with Crippen molar-refractivity contribution >= 4 is 43.6 Å². The summed E-state index contributed by atoms with van der Waals surface area (Å²) in [5.74, 6) is 0.946. The van der Waals surface area contributed by atoms with Crippen LogP contribution in [0.1, 0.15) is 5.56 Å². The van der Waals surface area contributed by atoms with Gasteiger partial charge in [-0.15, -0.1) is 0 Å². The van der Waals surface area contributed by atoms with Crippen LogP contribution in [0.15, 0.2) is 158 Å². The van der Waals surface area contributed by atoms with Gasteiger partial charge in [0.2, 0.25) is 0 Å². The van der Waals surface area contributed by atoms with E-state index >= 15 is 0 Å². The van der Waals surface area contributed by atoms with Crippen molar-refractivity contribution in [2.24, 2.45) is 0 Å². The first-order valence-electron chi connectivity index (χ1n) is 15.4. The standard InChI is InChI=1S/C42H29N3/c1-28-35(29-15-5-2-6-16-29)27-36(31-18-7-3-8-19-31)43-42(28)45-37-24-14-13-23-34(37)40-41(45)39-33-22-12-11-17-30(33)25-26-38(39)44(40)32-20-9-4-10-21-32/h2-27H,1H3. The predicted molar refractivity (Wildman–Crippen MR) is 189 cm³/mol. The molecule has 3 aromatic heterocycles. The summed E-state index contributed by atoms with van der Waals surface area (Å²) in [5, 5.41) is 4.89. The molecule has 0 unspecified atom stereocenters. The molecule has 0 N–H and O–H groups in total. The lowest BCUT2D eigenvalue weighted by atomic mass is 9.98. The van der Waals surface area contributed by atoms with Crippen LogP contribution < -0.4 is 0 Å². The van der Waals surface area contributed by atoms with Gasteiger partial charge < -0.3 is 4.57 Å². The number of fused-ring (bicyclic) bond motifs is 7. The average Bonchev–Trinajstić information content (AvgIpc) is 3.62. The maximum atomic E-state index is 5.49. The van der Waals surface area contributed by atoms with Gasteiger partial charge in [-0.2, -0.15) is 0 Å². The van der Waals surface area contributed by atoms with E-state index in [1.54, 1.807) is 0 Å². The van der Waals surface area contributed by atoms with Gasteiger partial charge in [-0.3, -0.25) is 4.57 Å². The highest BCUT2D eigenvalue weighted by molar-refractivity contribution is 6.26. The van der Waals surface area contributed by atoms with Crippen LogP contribution in [0.5, 0.6) is 0 Å². The summed E-state index contributed by atoms with van der Waals surface area (Å²) in [6.07, 6.45) is 0. The number of aromatic nitrogens is 3. The van der Waals surface area contributed by atoms with Gasteiger partial charge in [0.25, 0.3) is 0 Å². The lowest BCUT2D eigenvalue weighted by Crippen LogP contribution is -2.04. The van der Waals surface area contributed by atoms with Crippen LogP contribution >= 0.6 is 0 Å². The molecule has 0 amide bonds. The largest absolute Gasteiger partial charge is 0.307 e. The third-order valence-electron chi connectivity index (χ3n) is 9.08. The normalized spacial score (nSPS) is 11.7. The van der Waals surface area contributed by atoms with Crippen molar-refractivity contribution in [3.63, 3.8) is 0 Å². The Kier molecular flexibility index (Phi) is 5.72. The van der Waals surface area contributed by atoms with E-state index in [1.807, 2.05) is 0 Å². The van der Waals surface area contributed by atoms with Crippen molar-refractivity contribution in [1.82, 2.24) is 14.1 Å². The summed E-state index contributed by atoms with van der Waals surface area (Å²) in [6, 6.07) is 56.2. The number of nitrogens with zero attached hydrogens (tertiary/aromatic N) is 3. The van der Waals surface area contributed by atoms with E-state index < -0.39 is 0 Å². The molecule has 0 saturated carbocycles. The average molecular weight is 576 g/mol. The first-order valence-corrected chi connectivity index (χ1v) is 15.4. The van der Waals surface area contributed by atoms with Crippen molar-refractivity contribution in [3.8, 4) is 33.9 Å². The van der Waals surface area contributed by atoms with Gasteiger partial charge in [0.15, 0.2) is 0 Å². The van der Waals surface area contributed by atoms with E-state index in [2.05, 4.69) is 174 Å². The van der Waals surface area contributed by atoms with Crippen LogP contribution in [0, 0.1) is 6.92 Å². The number of rotatable bonds is 4. The molecule has 212 valence electrons. The van der Waals surface area contributed by atoms with E-state index in [9.17, 15) is 0 Å². The zero-order chi connectivity index (χ0) is 29.9. The third-order valence-corrected chi connectivity index (χ3v) is 9.08. The Hall–Kier alpha value is -5.93. The van der Waals surface area contributed by atoms with Crippen LogP contribution in [0.25, 0.3) is 77.5 Å². The van der Waals surface area contributed by atoms with Gasteiger partial charge in [0.05, 0.1) is 27.8 Å². The van der Waals surface area contributed by atoms with Crippen LogP contribution in [-0.4, -0.2) is 14.1 Å². The van der Waals surface area contributed by atoms with Gasteiger partial charge in [-0.25, -0.2) is 4.98 Å². The number of para-hydroxylation sites is 2. The highest BCUT2D eigenvalue weighted by Crippen LogP contribution is 2.44. The van der Waals surface area contributed by atoms with Crippen molar-refractivity contribution in [2.45, 2.75) is 6.92 Å². The molecule has 0 saturated heterocycles. The first-order chi connectivity index (χ1) is 22.3. The molecule has 9 aromatic rings. The maximum absolute atomic E-state index is 5.49. The highest BCUT2D eigenvalue weighted by Gasteiger charge is 2.25. The van der Waals surface area contributed by atoms with E-state index in [0.29, 0.717) is 0 Å². The van der Waals surface area contributed by atoms with Gasteiger partial charge in [-0.05, 0) is 59.2 Å². The summed E-state index contributed by atoms with van der Waals surface area (Å²) in [6.45, 7) is 2.22. The third kappa shape index (κ3) is 3.87. The van der Waals surface area contributed by atoms with Crippen molar-refractivity contribution in [1.29, 1.82) is 0 Å². The summed E-state index contributed by atoms with van der Waals surface area (Å²) in [4.78, 5) is 5.49. The molecule has 9 rings (SSSR count). The Bertz CT molecular complexity index is 2520. The minimum Gasteiger partial charge on any atom is -0.307 e. The lowest BCUT2D eigenvalue weighted by molar-refractivity contribution is 1.06. The Balaban J connectivity index is 1.51. The molecule has 0 spiro atoms. The van der Waals surface area contributed by atoms with E-state index in [-0.39, 0.29) is 0 Å². The summed E-state index contributed by atoms with van der Waals surface area (Å²) >= 11 is 0. The summed E-state index contributed by atoms with van der Waals surface area (Å²) < 4.78 is 4.86. The molecule has 0 bridgehead atoms. The Labute approximate surface area is 261 Å². The second-order valence-electron chi connectivity index (χ2n) is 11.6. The molecule has 0 aliphatic heterocycles. The van der Waals surface area contributed by atoms with Crippen molar-refractivity contribution < 1.29 is 0 Å². The molecule has 0 fully saturated rings. The quantitative estimate of drug-likeness (QED) is 0.205. The molecular weight excluding hydrogens is 546 g/mol. The fourth-order valence-corrected chi connectivity index (χ4v) is 7.05. The molecule has 0 atom stereocenters. The second-order valence-corrected chi connectivity index (χ2v) is 11.6. The van der Waals surface area contributed by atoms with Crippen molar-refractivity contribution in [3.05, 3.63) is 163 Å². The molecule has 3 nitrogen and oxygen atoms in total. The predicted octanol–water partition coefficient (Wildman–Crippen LogP) is 10.9. The fraction of sp³-hybridized carbons (Fsp3) is 0.0238. The molecule has 3 heteroatoms. The smallest absolute Gasteiger partial charge is 0.141 e. The zero-order valence-electron chi connectivity index (χ0n) is 24.9. The van der Waals surface area contributed by atoms with Gasteiger partial charge in [0, 0.05) is 27.6 Å². The minimum atomic E-state index is 0.946. The van der Waals surface area contributed by atoms with Crippen LogP contribution in [0.2, 0.25) is 0 Å². The topological polar surface area (TPSA) is 22.8 Å². The number of benzene rings is 6. The number of hydrogen-bond acceptors (Lipinski definition) is 1. The van der Waals surface area contributed by atoms with Crippen LogP contribution in [0.4, 0.5) is 0 Å². The Morgan fingerprint density at radius 2 is 1.11 bits per heavy atom. The van der Waals surface area contributed by atoms with Crippen molar-refractivity contribution in [2.75, 3.05) is 0 Å². The SMILES string of the molecule is Cc1c(-c2ccccc2)cc(-c2ccccc2)nc1-n1c2ccccc2c2c1c1c3ccccc3ccc1n2-c1ccccc1. The van der Waals surface area contributed by atoms with E-state index in [1.165, 1.54) is 49.2 Å².